The monoisotopic (exact) mass is 166 g/mol. The molecule has 0 N–H and O–H groups in total. The topological polar surface area (TPSA) is 40.6 Å². The summed E-state index contributed by atoms with van der Waals surface area (Å²) in [5.74, 6) is 3.47. The van der Waals surface area contributed by atoms with E-state index in [2.05, 4.69) is 0 Å². The van der Waals surface area contributed by atoms with Crippen LogP contribution in [0.25, 0.3) is 0 Å². The van der Waals surface area contributed by atoms with E-state index in [1.165, 1.54) is 0 Å². The van der Waals surface area contributed by atoms with E-state index < -0.39 is 0 Å². The summed E-state index contributed by atoms with van der Waals surface area (Å²) in [5.41, 5.74) is 0.581. The molecule has 0 spiro atoms. The lowest BCUT2D eigenvalue weighted by Crippen LogP contribution is -2.39. The highest BCUT2D eigenvalue weighted by atomic mass is 16.1. The predicted octanol–water partition coefficient (Wildman–Crippen LogP) is -0.705. The second-order valence-corrected chi connectivity index (χ2v) is 2.74. The molecule has 0 radical (unpaired) electrons. The molecular formula is C8H10N2O2. The molecule has 1 rings (SSSR count). The average molecular weight is 166 g/mol. The van der Waals surface area contributed by atoms with E-state index in [4.69, 9.17) is 0 Å². The van der Waals surface area contributed by atoms with Crippen LogP contribution in [0.2, 0.25) is 0 Å². The molecular weight excluding hydrogens is 156 g/mol. The second-order valence-electron chi connectivity index (χ2n) is 2.74. The zero-order valence-corrected chi connectivity index (χ0v) is 7.13. The van der Waals surface area contributed by atoms with Crippen molar-refractivity contribution >= 4 is 11.9 Å². The molecule has 0 aliphatic carbocycles. The maximum Gasteiger partial charge on any atom is 0.157 e. The highest BCUT2D eigenvalue weighted by Gasteiger charge is 2.22. The van der Waals surface area contributed by atoms with Crippen molar-refractivity contribution in [3.8, 4) is 0 Å². The van der Waals surface area contributed by atoms with Crippen LogP contribution in [0.3, 0.4) is 0 Å². The molecule has 1 heterocycles. The summed E-state index contributed by atoms with van der Waals surface area (Å²) < 4.78 is 0. The van der Waals surface area contributed by atoms with Crippen LogP contribution in [-0.4, -0.2) is 48.9 Å². The van der Waals surface area contributed by atoms with Crippen molar-refractivity contribution in [3.63, 3.8) is 0 Å². The normalized spacial score (nSPS) is 17.5. The number of hydrogen-bond acceptors (Lipinski definition) is 4. The molecule has 0 aromatic carbocycles. The maximum atomic E-state index is 10.5. The van der Waals surface area contributed by atoms with Crippen molar-refractivity contribution in [2.24, 2.45) is 0 Å². The number of likely N-dealkylation sites (N-methyl/N-ethyl adjacent to an activating group) is 2. The van der Waals surface area contributed by atoms with Gasteiger partial charge in [-0.3, -0.25) is 0 Å². The molecule has 4 nitrogen and oxygen atoms in total. The van der Waals surface area contributed by atoms with Crippen LogP contribution in [0.5, 0.6) is 0 Å². The van der Waals surface area contributed by atoms with Crippen LogP contribution >= 0.6 is 0 Å². The zero-order chi connectivity index (χ0) is 9.14. The van der Waals surface area contributed by atoms with E-state index in [1.54, 1.807) is 35.8 Å². The minimum absolute atomic E-state index is 0.291. The molecule has 0 saturated carbocycles. The van der Waals surface area contributed by atoms with Crippen LogP contribution in [0.1, 0.15) is 0 Å². The van der Waals surface area contributed by atoms with Crippen molar-refractivity contribution < 1.29 is 9.59 Å². The lowest BCUT2D eigenvalue weighted by molar-refractivity contribution is 0.280. The standard InChI is InChI=1S/C8H10N2O2/c1-9-3-4-10(2)8(6-12)7(9)5-11/h3-4H2,1-2H3. The summed E-state index contributed by atoms with van der Waals surface area (Å²) in [7, 11) is 3.51. The van der Waals surface area contributed by atoms with Crippen molar-refractivity contribution in [1.29, 1.82) is 0 Å². The molecule has 0 unspecified atom stereocenters. The predicted molar refractivity (Wildman–Crippen MR) is 43.7 cm³/mol. The molecule has 4 heteroatoms. The lowest BCUT2D eigenvalue weighted by atomic mass is 10.2. The molecule has 0 atom stereocenters. The van der Waals surface area contributed by atoms with Gasteiger partial charge in [-0.25, -0.2) is 9.59 Å². The Hall–Kier alpha value is -1.50. The zero-order valence-electron chi connectivity index (χ0n) is 7.13. The Morgan fingerprint density at radius 1 is 1.00 bits per heavy atom. The molecule has 64 valence electrons. The Bertz CT molecular complexity index is 255. The minimum atomic E-state index is 0.291. The second kappa shape index (κ2) is 3.26. The summed E-state index contributed by atoms with van der Waals surface area (Å²) in [6, 6.07) is 0. The van der Waals surface area contributed by atoms with Crippen molar-refractivity contribution in [2.75, 3.05) is 27.2 Å². The molecule has 1 aliphatic rings. The first-order valence-corrected chi connectivity index (χ1v) is 3.63. The largest absolute Gasteiger partial charge is 0.362 e. The van der Waals surface area contributed by atoms with Crippen LogP contribution in [0.4, 0.5) is 0 Å². The van der Waals surface area contributed by atoms with Gasteiger partial charge in [-0.1, -0.05) is 0 Å². The van der Waals surface area contributed by atoms with Gasteiger partial charge in [-0.15, -0.1) is 0 Å². The molecule has 12 heavy (non-hydrogen) atoms. The van der Waals surface area contributed by atoms with Crippen molar-refractivity contribution in [2.45, 2.75) is 0 Å². The fourth-order valence-electron chi connectivity index (χ4n) is 1.14. The average Bonchev–Trinajstić information content (AvgIpc) is 2.08. The Kier molecular flexibility index (Phi) is 2.34. The highest BCUT2D eigenvalue weighted by molar-refractivity contribution is 5.70. The fraction of sp³-hybridized carbons (Fsp3) is 0.500. The SMILES string of the molecule is CN1CCN(C)C(=C=O)C1=C=O. The maximum absolute atomic E-state index is 10.5. The Morgan fingerprint density at radius 2 is 1.33 bits per heavy atom. The summed E-state index contributed by atoms with van der Waals surface area (Å²) >= 11 is 0. The summed E-state index contributed by atoms with van der Waals surface area (Å²) in [6.45, 7) is 1.46. The molecule has 1 aliphatic heterocycles. The van der Waals surface area contributed by atoms with E-state index in [0.29, 0.717) is 11.4 Å². The quantitative estimate of drug-likeness (QED) is 0.446. The van der Waals surface area contributed by atoms with E-state index in [-0.39, 0.29) is 0 Å². The summed E-state index contributed by atoms with van der Waals surface area (Å²) in [6.07, 6.45) is 0. The molecule has 0 amide bonds. The number of carbonyl (C=O) groups excluding carboxylic acids is 2. The Morgan fingerprint density at radius 3 is 1.58 bits per heavy atom. The smallest absolute Gasteiger partial charge is 0.157 e. The first-order valence-electron chi connectivity index (χ1n) is 3.63. The van der Waals surface area contributed by atoms with Gasteiger partial charge in [-0.2, -0.15) is 0 Å². The van der Waals surface area contributed by atoms with Gasteiger partial charge >= 0.3 is 0 Å². The van der Waals surface area contributed by atoms with Gasteiger partial charge in [-0.05, 0) is 0 Å². The third-order valence-corrected chi connectivity index (χ3v) is 1.95. The van der Waals surface area contributed by atoms with Crippen molar-refractivity contribution in [1.82, 2.24) is 9.80 Å². The van der Waals surface area contributed by atoms with Crippen LogP contribution in [0.15, 0.2) is 11.4 Å². The number of rotatable bonds is 0. The van der Waals surface area contributed by atoms with Crippen LogP contribution < -0.4 is 0 Å². The lowest BCUT2D eigenvalue weighted by Gasteiger charge is -2.32. The first kappa shape index (κ1) is 8.60. The minimum Gasteiger partial charge on any atom is -0.362 e. The van der Waals surface area contributed by atoms with Gasteiger partial charge in [0.15, 0.2) is 23.3 Å². The highest BCUT2D eigenvalue weighted by Crippen LogP contribution is 2.15. The summed E-state index contributed by atoms with van der Waals surface area (Å²) in [5, 5.41) is 0. The third-order valence-electron chi connectivity index (χ3n) is 1.95. The van der Waals surface area contributed by atoms with Crippen LogP contribution in [-0.2, 0) is 9.59 Å². The van der Waals surface area contributed by atoms with Gasteiger partial charge < -0.3 is 9.80 Å². The van der Waals surface area contributed by atoms with E-state index in [1.807, 2.05) is 0 Å². The number of hydrogen-bond donors (Lipinski definition) is 0. The Balaban J connectivity index is 3.08. The van der Waals surface area contributed by atoms with Gasteiger partial charge in [0.05, 0.1) is 0 Å². The number of piperazine rings is 1. The summed E-state index contributed by atoms with van der Waals surface area (Å²) in [4.78, 5) is 24.3. The van der Waals surface area contributed by atoms with Gasteiger partial charge in [0, 0.05) is 27.2 Å². The van der Waals surface area contributed by atoms with E-state index >= 15 is 0 Å². The first-order chi connectivity index (χ1) is 5.70. The molecule has 1 saturated heterocycles. The van der Waals surface area contributed by atoms with Crippen LogP contribution in [0, 0.1) is 0 Å². The molecule has 0 bridgehead atoms. The van der Waals surface area contributed by atoms with Gasteiger partial charge in [0.25, 0.3) is 0 Å². The van der Waals surface area contributed by atoms with Gasteiger partial charge in [0.2, 0.25) is 0 Å². The fourth-order valence-corrected chi connectivity index (χ4v) is 1.14. The molecule has 0 aromatic heterocycles. The van der Waals surface area contributed by atoms with Crippen molar-refractivity contribution in [3.05, 3.63) is 11.4 Å². The Labute approximate surface area is 70.8 Å². The van der Waals surface area contributed by atoms with Gasteiger partial charge in [0.1, 0.15) is 0 Å². The van der Waals surface area contributed by atoms with E-state index in [9.17, 15) is 9.59 Å². The van der Waals surface area contributed by atoms with E-state index in [0.717, 1.165) is 13.1 Å². The molecule has 0 aromatic rings. The molecule has 1 fully saturated rings. The third kappa shape index (κ3) is 1.26. The number of nitrogens with zero attached hydrogens (tertiary/aromatic N) is 2.